The zero-order chi connectivity index (χ0) is 16.2. The summed E-state index contributed by atoms with van der Waals surface area (Å²) in [4.78, 5) is 19.1. The Kier molecular flexibility index (Phi) is 5.36. The van der Waals surface area contributed by atoms with E-state index in [1.807, 2.05) is 6.20 Å². The number of rotatable bonds is 5. The minimum absolute atomic E-state index is 0.345. The minimum atomic E-state index is 0.345. The molecular formula is C18H29N3O2. The largest absolute Gasteiger partial charge is 0.377 e. The number of carbonyl (C=O) groups is 1. The number of hydrogen-bond acceptors (Lipinski definition) is 3. The van der Waals surface area contributed by atoms with Gasteiger partial charge in [-0.3, -0.25) is 4.79 Å². The number of methoxy groups -OCH3 is 1. The third-order valence-corrected chi connectivity index (χ3v) is 5.40. The van der Waals surface area contributed by atoms with E-state index in [0.29, 0.717) is 24.5 Å². The van der Waals surface area contributed by atoms with Gasteiger partial charge in [-0.05, 0) is 32.1 Å². The first kappa shape index (κ1) is 16.5. The summed E-state index contributed by atoms with van der Waals surface area (Å²) >= 11 is 0. The van der Waals surface area contributed by atoms with Crippen LogP contribution < -0.4 is 0 Å². The van der Waals surface area contributed by atoms with Crippen LogP contribution in [0.3, 0.4) is 0 Å². The molecule has 1 aromatic heterocycles. The number of ether oxygens (including phenoxy) is 1. The van der Waals surface area contributed by atoms with Crippen molar-refractivity contribution >= 4 is 5.91 Å². The van der Waals surface area contributed by atoms with E-state index in [1.54, 1.807) is 7.11 Å². The van der Waals surface area contributed by atoms with Crippen molar-refractivity contribution in [3.63, 3.8) is 0 Å². The maximum absolute atomic E-state index is 12.6. The standard InChI is InChI=1S/C18H29N3O2/c1-14-11-19-17(13-23-2)21(14)16-8-9-20(12-16)18(22)10-15-6-4-3-5-7-15/h11,15-16H,3-10,12-13H2,1-2H3. The van der Waals surface area contributed by atoms with Gasteiger partial charge in [0.25, 0.3) is 0 Å². The molecule has 2 heterocycles. The van der Waals surface area contributed by atoms with Crippen LogP contribution in [0.1, 0.15) is 62.5 Å². The van der Waals surface area contributed by atoms with Gasteiger partial charge in [0.15, 0.2) is 0 Å². The molecule has 1 saturated heterocycles. The molecule has 5 heteroatoms. The van der Waals surface area contributed by atoms with E-state index in [9.17, 15) is 4.79 Å². The van der Waals surface area contributed by atoms with Gasteiger partial charge in [0.1, 0.15) is 12.4 Å². The van der Waals surface area contributed by atoms with Crippen LogP contribution >= 0.6 is 0 Å². The molecule has 1 aromatic rings. The van der Waals surface area contributed by atoms with Crippen LogP contribution in [0, 0.1) is 12.8 Å². The van der Waals surface area contributed by atoms with E-state index in [4.69, 9.17) is 4.74 Å². The Balaban J connectivity index is 1.59. The Morgan fingerprint density at radius 3 is 2.83 bits per heavy atom. The van der Waals surface area contributed by atoms with E-state index >= 15 is 0 Å². The lowest BCUT2D eigenvalue weighted by molar-refractivity contribution is -0.131. The van der Waals surface area contributed by atoms with Crippen LogP contribution in [0.4, 0.5) is 0 Å². The number of amides is 1. The van der Waals surface area contributed by atoms with Gasteiger partial charge in [0, 0.05) is 38.5 Å². The van der Waals surface area contributed by atoms with Crippen LogP contribution in [0.5, 0.6) is 0 Å². The third-order valence-electron chi connectivity index (χ3n) is 5.40. The van der Waals surface area contributed by atoms with E-state index in [1.165, 1.54) is 32.1 Å². The summed E-state index contributed by atoms with van der Waals surface area (Å²) in [5.74, 6) is 1.94. The van der Waals surface area contributed by atoms with Gasteiger partial charge in [-0.25, -0.2) is 4.98 Å². The molecule has 23 heavy (non-hydrogen) atoms. The highest BCUT2D eigenvalue weighted by atomic mass is 16.5. The molecule has 1 atom stereocenters. The molecular weight excluding hydrogens is 290 g/mol. The number of aryl methyl sites for hydroxylation is 1. The zero-order valence-corrected chi connectivity index (χ0v) is 14.5. The fourth-order valence-corrected chi connectivity index (χ4v) is 4.18. The monoisotopic (exact) mass is 319 g/mol. The molecule has 5 nitrogen and oxygen atoms in total. The van der Waals surface area contributed by atoms with Crippen molar-refractivity contribution in [1.29, 1.82) is 0 Å². The molecule has 0 aromatic carbocycles. The van der Waals surface area contributed by atoms with Crippen molar-refractivity contribution in [2.45, 2.75) is 64.5 Å². The molecule has 0 N–H and O–H groups in total. The van der Waals surface area contributed by atoms with Crippen molar-refractivity contribution in [2.24, 2.45) is 5.92 Å². The summed E-state index contributed by atoms with van der Waals surface area (Å²) in [5.41, 5.74) is 1.16. The SMILES string of the molecule is COCc1ncc(C)n1C1CCN(C(=O)CC2CCCCC2)C1. The average Bonchev–Trinajstić information content (AvgIpc) is 3.16. The first-order chi connectivity index (χ1) is 11.2. The fourth-order valence-electron chi connectivity index (χ4n) is 4.18. The van der Waals surface area contributed by atoms with Crippen LogP contribution in [-0.4, -0.2) is 40.6 Å². The lowest BCUT2D eigenvalue weighted by atomic mass is 9.87. The Hall–Kier alpha value is -1.36. The summed E-state index contributed by atoms with van der Waals surface area (Å²) < 4.78 is 7.51. The lowest BCUT2D eigenvalue weighted by Gasteiger charge is -2.24. The molecule has 0 bridgehead atoms. The first-order valence-corrected chi connectivity index (χ1v) is 8.98. The molecule has 1 aliphatic heterocycles. The van der Waals surface area contributed by atoms with Crippen LogP contribution in [0.15, 0.2) is 6.20 Å². The second-order valence-electron chi connectivity index (χ2n) is 7.11. The molecule has 1 unspecified atom stereocenters. The van der Waals surface area contributed by atoms with Crippen molar-refractivity contribution in [1.82, 2.24) is 14.5 Å². The van der Waals surface area contributed by atoms with Gasteiger partial charge in [-0.2, -0.15) is 0 Å². The Morgan fingerprint density at radius 2 is 2.09 bits per heavy atom. The van der Waals surface area contributed by atoms with E-state index in [2.05, 4.69) is 21.4 Å². The van der Waals surface area contributed by atoms with Crippen molar-refractivity contribution in [2.75, 3.05) is 20.2 Å². The van der Waals surface area contributed by atoms with Crippen molar-refractivity contribution < 1.29 is 9.53 Å². The number of nitrogens with zero attached hydrogens (tertiary/aromatic N) is 3. The highest BCUT2D eigenvalue weighted by Crippen LogP contribution is 2.30. The van der Waals surface area contributed by atoms with E-state index < -0.39 is 0 Å². The maximum atomic E-state index is 12.6. The predicted molar refractivity (Wildman–Crippen MR) is 89.1 cm³/mol. The topological polar surface area (TPSA) is 47.4 Å². The Bertz CT molecular complexity index is 534. The summed E-state index contributed by atoms with van der Waals surface area (Å²) in [7, 11) is 1.70. The highest BCUT2D eigenvalue weighted by molar-refractivity contribution is 5.76. The molecule has 2 aliphatic rings. The van der Waals surface area contributed by atoms with Gasteiger partial charge in [0.2, 0.25) is 5.91 Å². The average molecular weight is 319 g/mol. The number of imidazole rings is 1. The predicted octanol–water partition coefficient (Wildman–Crippen LogP) is 3.08. The third kappa shape index (κ3) is 3.77. The van der Waals surface area contributed by atoms with Crippen LogP contribution in [0.2, 0.25) is 0 Å². The van der Waals surface area contributed by atoms with Gasteiger partial charge < -0.3 is 14.2 Å². The van der Waals surface area contributed by atoms with Crippen molar-refractivity contribution in [3.05, 3.63) is 17.7 Å². The van der Waals surface area contributed by atoms with Gasteiger partial charge >= 0.3 is 0 Å². The van der Waals surface area contributed by atoms with Gasteiger partial charge in [0.05, 0.1) is 6.04 Å². The fraction of sp³-hybridized carbons (Fsp3) is 0.778. The van der Waals surface area contributed by atoms with Gasteiger partial charge in [-0.15, -0.1) is 0 Å². The summed E-state index contributed by atoms with van der Waals surface area (Å²) in [6.45, 7) is 4.30. The second kappa shape index (κ2) is 7.47. The molecule has 0 spiro atoms. The summed E-state index contributed by atoms with van der Waals surface area (Å²) in [6, 6.07) is 0.345. The van der Waals surface area contributed by atoms with Crippen LogP contribution in [-0.2, 0) is 16.1 Å². The number of aromatic nitrogens is 2. The smallest absolute Gasteiger partial charge is 0.222 e. The maximum Gasteiger partial charge on any atom is 0.222 e. The molecule has 3 rings (SSSR count). The van der Waals surface area contributed by atoms with E-state index in [0.717, 1.165) is 37.4 Å². The van der Waals surface area contributed by atoms with Crippen molar-refractivity contribution in [3.8, 4) is 0 Å². The van der Waals surface area contributed by atoms with E-state index in [-0.39, 0.29) is 0 Å². The molecule has 128 valence electrons. The first-order valence-electron chi connectivity index (χ1n) is 8.98. The molecule has 1 amide bonds. The zero-order valence-electron chi connectivity index (χ0n) is 14.5. The Morgan fingerprint density at radius 1 is 1.30 bits per heavy atom. The molecule has 1 saturated carbocycles. The summed E-state index contributed by atoms with van der Waals surface area (Å²) in [6.07, 6.45) is 10.1. The van der Waals surface area contributed by atoms with Gasteiger partial charge in [-0.1, -0.05) is 19.3 Å². The number of likely N-dealkylation sites (tertiary alicyclic amines) is 1. The minimum Gasteiger partial charge on any atom is -0.377 e. The Labute approximate surface area is 139 Å². The second-order valence-corrected chi connectivity index (χ2v) is 7.11. The molecule has 2 fully saturated rings. The molecule has 1 aliphatic carbocycles. The normalized spacial score (nSPS) is 22.7. The lowest BCUT2D eigenvalue weighted by Crippen LogP contribution is -2.31. The molecule has 0 radical (unpaired) electrons. The quantitative estimate of drug-likeness (QED) is 0.838. The summed E-state index contributed by atoms with van der Waals surface area (Å²) in [5, 5.41) is 0. The number of carbonyl (C=O) groups excluding carboxylic acids is 1. The van der Waals surface area contributed by atoms with Crippen LogP contribution in [0.25, 0.3) is 0 Å². The highest BCUT2D eigenvalue weighted by Gasteiger charge is 2.30. The number of hydrogen-bond donors (Lipinski definition) is 0.